The van der Waals surface area contributed by atoms with Crippen LogP contribution in [0.2, 0.25) is 0 Å². The van der Waals surface area contributed by atoms with Crippen molar-refractivity contribution in [2.45, 2.75) is 6.42 Å². The number of nitrogens with one attached hydrogen (secondary N) is 1. The van der Waals surface area contributed by atoms with Crippen LogP contribution in [0.25, 0.3) is 0 Å². The molecule has 8 heavy (non-hydrogen) atoms. The van der Waals surface area contributed by atoms with Gasteiger partial charge in [0.2, 0.25) is 5.91 Å². The zero-order valence-corrected chi connectivity index (χ0v) is 9.14. The maximum atomic E-state index is 9.79. The van der Waals surface area contributed by atoms with Crippen LogP contribution < -0.4 is 5.32 Å². The Kier molecular flexibility index (Phi) is 7.76. The van der Waals surface area contributed by atoms with Gasteiger partial charge in [0, 0.05) is 13.0 Å². The van der Waals surface area contributed by atoms with Crippen molar-refractivity contribution < 1.29 is 13.3 Å². The van der Waals surface area contributed by atoms with Crippen LogP contribution in [0.5, 0.6) is 0 Å². The fourth-order valence-corrected chi connectivity index (χ4v) is 0.227. The van der Waals surface area contributed by atoms with Crippen LogP contribution in [0.15, 0.2) is 0 Å². The van der Waals surface area contributed by atoms with Crippen molar-refractivity contribution in [1.29, 1.82) is 0 Å². The van der Waals surface area contributed by atoms with Gasteiger partial charge in [0.15, 0.2) is 0 Å². The van der Waals surface area contributed by atoms with E-state index in [1.807, 2.05) is 0 Å². The van der Waals surface area contributed by atoms with Gasteiger partial charge in [-0.1, -0.05) is 0 Å². The molecule has 0 radical (unpaired) electrons. The Morgan fingerprint density at radius 1 is 1.62 bits per heavy atom. The van der Waals surface area contributed by atoms with Gasteiger partial charge in [0.05, 0.1) is 0 Å². The van der Waals surface area contributed by atoms with Gasteiger partial charge in [-0.3, -0.25) is 4.79 Å². The van der Waals surface area contributed by atoms with Crippen LogP contribution in [0.1, 0.15) is 6.42 Å². The molecule has 0 unspecified atom stereocenters. The van der Waals surface area contributed by atoms with Crippen molar-refractivity contribution in [3.8, 4) is 0 Å². The second kappa shape index (κ2) is 6.57. The third kappa shape index (κ3) is 5.58. The number of hydrogen-bond acceptors (Lipinski definition) is 1. The summed E-state index contributed by atoms with van der Waals surface area (Å²) in [6.45, 7) is 0.888. The Morgan fingerprint density at radius 2 is 1.88 bits per heavy atom. The van der Waals surface area contributed by atoms with Gasteiger partial charge < -0.3 is 5.32 Å². The molecule has 1 aliphatic heterocycles. The first kappa shape index (κ1) is 9.45. The Labute approximate surface area is 77.2 Å². The van der Waals surface area contributed by atoms with Gasteiger partial charge in [-0.25, -0.2) is 0 Å². The average molecular weight is 388 g/mol. The van der Waals surface area contributed by atoms with E-state index < -0.39 is 0 Å². The van der Waals surface area contributed by atoms with Crippen molar-refractivity contribution in [2.75, 3.05) is 6.54 Å². The molecule has 0 aromatic heterocycles. The summed E-state index contributed by atoms with van der Waals surface area (Å²) >= 11 is 4.36. The Balaban J connectivity index is 0.000000145. The first-order valence-electron chi connectivity index (χ1n) is 1.89. The maximum absolute atomic E-state index is 9.79. The minimum absolute atomic E-state index is 0.185. The molecule has 0 aromatic rings. The van der Waals surface area contributed by atoms with Crippen molar-refractivity contribution in [1.82, 2.24) is 5.32 Å². The van der Waals surface area contributed by atoms with Crippen LogP contribution in [0, 0.1) is 0 Å². The normalized spacial score (nSPS) is 15.5. The molecule has 1 amide bonds. The first-order valence-corrected chi connectivity index (χ1v) is 7.97. The standard InChI is InChI=1S/C3H5NO.Cu.2HI/c5-3-1-2-4-3;;;/h1-2H2,(H,4,5);;2*1H/q;+2;;/p-2. The van der Waals surface area contributed by atoms with Gasteiger partial charge >= 0.3 is 49.1 Å². The van der Waals surface area contributed by atoms with Gasteiger partial charge in [-0.15, -0.1) is 0 Å². The predicted molar refractivity (Wildman–Crippen MR) is 45.7 cm³/mol. The number of β-lactam (4-membered cyclic amide) rings is 1. The molecular weight excluding hydrogens is 383 g/mol. The molecule has 0 aromatic carbocycles. The Morgan fingerprint density at radius 3 is 1.88 bits per heavy atom. The molecule has 5 heteroatoms. The zero-order valence-electron chi connectivity index (χ0n) is 3.88. The van der Waals surface area contributed by atoms with E-state index in [0.29, 0.717) is 0 Å². The van der Waals surface area contributed by atoms with Crippen molar-refractivity contribution >= 4 is 46.6 Å². The van der Waals surface area contributed by atoms with Crippen LogP contribution >= 0.6 is 40.7 Å². The van der Waals surface area contributed by atoms with E-state index in [1.165, 1.54) is 0 Å². The van der Waals surface area contributed by atoms with Crippen molar-refractivity contribution in [2.24, 2.45) is 0 Å². The van der Waals surface area contributed by atoms with Gasteiger partial charge in [0.25, 0.3) is 0 Å². The van der Waals surface area contributed by atoms with Crippen LogP contribution in [-0.2, 0) is 13.3 Å². The molecule has 1 heterocycles. The second-order valence-electron chi connectivity index (χ2n) is 1.14. The summed E-state index contributed by atoms with van der Waals surface area (Å²) in [5.74, 6) is 0.185. The fraction of sp³-hybridized carbons (Fsp3) is 0.667. The summed E-state index contributed by atoms with van der Waals surface area (Å²) in [7, 11) is 1.75. The van der Waals surface area contributed by atoms with E-state index >= 15 is 0 Å². The molecule has 1 N–H and O–H groups in total. The molecular formula is C3H5CuI2NO. The summed E-state index contributed by atoms with van der Waals surface area (Å²) in [4.78, 5) is 9.79. The number of halogens is 2. The third-order valence-electron chi connectivity index (χ3n) is 0.674. The average Bonchev–Trinajstić information content (AvgIpc) is 1.64. The van der Waals surface area contributed by atoms with Gasteiger partial charge in [-0.05, 0) is 0 Å². The van der Waals surface area contributed by atoms with E-state index in [9.17, 15) is 4.79 Å². The van der Waals surface area contributed by atoms with E-state index in [2.05, 4.69) is 46.0 Å². The van der Waals surface area contributed by atoms with Gasteiger partial charge in [-0.2, -0.15) is 0 Å². The Hall–Kier alpha value is 1.45. The fourth-order valence-electron chi connectivity index (χ4n) is 0.227. The molecule has 1 aliphatic rings. The number of hydrogen-bond donors (Lipinski definition) is 1. The molecule has 53 valence electrons. The van der Waals surface area contributed by atoms with E-state index in [0.717, 1.165) is 13.0 Å². The molecule has 0 bridgehead atoms. The van der Waals surface area contributed by atoms with E-state index in [1.54, 1.807) is 8.46 Å². The summed E-state index contributed by atoms with van der Waals surface area (Å²) in [5.41, 5.74) is 0. The quantitative estimate of drug-likeness (QED) is 0.378. The number of rotatable bonds is 0. The van der Waals surface area contributed by atoms with Gasteiger partial charge in [0.1, 0.15) is 0 Å². The summed E-state index contributed by atoms with van der Waals surface area (Å²) in [6, 6.07) is 0. The monoisotopic (exact) mass is 388 g/mol. The molecule has 1 saturated heterocycles. The number of carbonyl (C=O) groups excluding carboxylic acids is 1. The van der Waals surface area contributed by atoms with Crippen LogP contribution in [-0.4, -0.2) is 12.5 Å². The molecule has 0 saturated carbocycles. The summed E-state index contributed by atoms with van der Waals surface area (Å²) in [5, 5.41) is 2.57. The summed E-state index contributed by atoms with van der Waals surface area (Å²) < 4.78 is 0. The SMILES string of the molecule is O=C1CCN1.[I][Cu][I]. The number of carbonyl (C=O) groups is 1. The van der Waals surface area contributed by atoms with Crippen LogP contribution in [0.3, 0.4) is 0 Å². The second-order valence-corrected chi connectivity index (χ2v) is 9.09. The summed E-state index contributed by atoms with van der Waals surface area (Å²) in [6.07, 6.45) is 0.736. The topological polar surface area (TPSA) is 29.1 Å². The van der Waals surface area contributed by atoms with Crippen molar-refractivity contribution in [3.05, 3.63) is 0 Å². The minimum atomic E-state index is 0.185. The van der Waals surface area contributed by atoms with Crippen LogP contribution in [0.4, 0.5) is 0 Å². The molecule has 1 rings (SSSR count). The molecule has 0 atom stereocenters. The van der Waals surface area contributed by atoms with E-state index in [-0.39, 0.29) is 5.91 Å². The molecule has 0 aliphatic carbocycles. The Bertz CT molecular complexity index is 73.7. The number of amides is 1. The third-order valence-corrected chi connectivity index (χ3v) is 0.674. The van der Waals surface area contributed by atoms with Crippen molar-refractivity contribution in [3.63, 3.8) is 0 Å². The van der Waals surface area contributed by atoms with E-state index in [4.69, 9.17) is 0 Å². The first-order chi connectivity index (χ1) is 3.81. The predicted octanol–water partition coefficient (Wildman–Crippen LogP) is 1.28. The molecule has 1 fully saturated rings. The molecule has 0 spiro atoms. The zero-order chi connectivity index (χ0) is 6.41. The molecule has 2 nitrogen and oxygen atoms in total.